The van der Waals surface area contributed by atoms with Crippen LogP contribution in [0.25, 0.3) is 11.1 Å². The van der Waals surface area contributed by atoms with Gasteiger partial charge < -0.3 is 19.4 Å². The molecule has 1 fully saturated rings. The molecule has 1 unspecified atom stereocenters. The summed E-state index contributed by atoms with van der Waals surface area (Å²) in [6.45, 7) is 8.72. The number of fused-ring (bicyclic) bond motifs is 1. The lowest BCUT2D eigenvalue weighted by Crippen LogP contribution is -2.48. The van der Waals surface area contributed by atoms with Crippen LogP contribution >= 0.6 is 11.6 Å². The van der Waals surface area contributed by atoms with Gasteiger partial charge in [-0.25, -0.2) is 0 Å². The molecule has 2 aromatic rings. The number of nitrogens with zero attached hydrogens (tertiary/aromatic N) is 2. The molecule has 3 rings (SSSR count). The minimum absolute atomic E-state index is 0.0656. The Morgan fingerprint density at radius 3 is 3.07 bits per heavy atom. The van der Waals surface area contributed by atoms with E-state index >= 15 is 0 Å². The van der Waals surface area contributed by atoms with Crippen LogP contribution in [0.5, 0.6) is 0 Å². The molecule has 0 bridgehead atoms. The molecule has 0 radical (unpaired) electrons. The number of nitrogens with one attached hydrogen (secondary N) is 1. The molecule has 148 valence electrons. The smallest absolute Gasteiger partial charge is 0.298 e. The van der Waals surface area contributed by atoms with Crippen molar-refractivity contribution in [2.75, 3.05) is 31.2 Å². The Morgan fingerprint density at radius 1 is 1.48 bits per heavy atom. The molecule has 1 amide bonds. The summed E-state index contributed by atoms with van der Waals surface area (Å²) < 4.78 is 11.3. The minimum atomic E-state index is -0.360. The topological polar surface area (TPSA) is 67.6 Å². The van der Waals surface area contributed by atoms with Crippen LogP contribution in [-0.4, -0.2) is 42.7 Å². The molecule has 1 atom stereocenters. The fourth-order valence-corrected chi connectivity index (χ4v) is 3.67. The highest BCUT2D eigenvalue weighted by molar-refractivity contribution is 6.31. The van der Waals surface area contributed by atoms with E-state index in [4.69, 9.17) is 20.8 Å². The first kappa shape index (κ1) is 20.0. The molecule has 0 saturated carbocycles. The van der Waals surface area contributed by atoms with Crippen molar-refractivity contribution in [1.29, 1.82) is 0 Å². The first-order valence-electron chi connectivity index (χ1n) is 9.56. The monoisotopic (exact) mass is 393 g/mol. The quantitative estimate of drug-likeness (QED) is 0.769. The normalized spacial score (nSPS) is 18.1. The molecular weight excluding hydrogens is 366 g/mol. The van der Waals surface area contributed by atoms with Crippen molar-refractivity contribution in [3.8, 4) is 0 Å². The van der Waals surface area contributed by atoms with Crippen LogP contribution in [0.2, 0.25) is 5.02 Å². The summed E-state index contributed by atoms with van der Waals surface area (Å²) in [5.74, 6) is 0.344. The molecule has 1 aliphatic heterocycles. The second-order valence-electron chi connectivity index (χ2n) is 7.84. The van der Waals surface area contributed by atoms with E-state index in [0.717, 1.165) is 31.4 Å². The number of carbonyl (C=O) groups is 1. The van der Waals surface area contributed by atoms with E-state index in [1.165, 1.54) is 0 Å². The summed E-state index contributed by atoms with van der Waals surface area (Å²) in [7, 11) is 0. The fraction of sp³-hybridized carbons (Fsp3) is 0.600. The number of halogens is 1. The lowest BCUT2D eigenvalue weighted by Gasteiger charge is -2.32. The first-order chi connectivity index (χ1) is 12.9. The van der Waals surface area contributed by atoms with Gasteiger partial charge in [-0.3, -0.25) is 4.79 Å². The van der Waals surface area contributed by atoms with E-state index in [2.05, 4.69) is 15.2 Å². The largest absolute Gasteiger partial charge is 0.423 e. The summed E-state index contributed by atoms with van der Waals surface area (Å²) in [6.07, 6.45) is 2.54. The van der Waals surface area contributed by atoms with Gasteiger partial charge in [0.05, 0.1) is 12.1 Å². The van der Waals surface area contributed by atoms with Crippen LogP contribution in [0, 0.1) is 5.92 Å². The van der Waals surface area contributed by atoms with Crippen molar-refractivity contribution in [2.24, 2.45) is 5.92 Å². The maximum atomic E-state index is 12.5. The highest BCUT2D eigenvalue weighted by atomic mass is 35.5. The Hall–Kier alpha value is -1.79. The number of aromatic nitrogens is 1. The van der Waals surface area contributed by atoms with Gasteiger partial charge in [-0.1, -0.05) is 11.6 Å². The molecule has 7 heteroatoms. The van der Waals surface area contributed by atoms with Crippen molar-refractivity contribution in [2.45, 2.75) is 45.6 Å². The third-order valence-corrected chi connectivity index (χ3v) is 4.98. The lowest BCUT2D eigenvalue weighted by molar-refractivity contribution is -0.124. The number of oxazole rings is 1. The highest BCUT2D eigenvalue weighted by Gasteiger charge is 2.27. The van der Waals surface area contributed by atoms with E-state index < -0.39 is 0 Å². The first-order valence-corrected chi connectivity index (χ1v) is 9.94. The summed E-state index contributed by atoms with van der Waals surface area (Å²) in [5, 5.41) is 3.72. The predicted molar refractivity (Wildman–Crippen MR) is 107 cm³/mol. The molecule has 0 aliphatic carbocycles. The molecule has 1 aromatic carbocycles. The number of carbonyl (C=O) groups excluding carboxylic acids is 1. The van der Waals surface area contributed by atoms with Crippen LogP contribution in [-0.2, 0) is 9.53 Å². The molecule has 1 aliphatic rings. The number of hydrogen-bond acceptors (Lipinski definition) is 5. The van der Waals surface area contributed by atoms with Gasteiger partial charge in [-0.2, -0.15) is 4.98 Å². The third kappa shape index (κ3) is 5.36. The van der Waals surface area contributed by atoms with Gasteiger partial charge in [0.1, 0.15) is 5.52 Å². The number of hydrogen-bond donors (Lipinski definition) is 1. The van der Waals surface area contributed by atoms with E-state index in [1.807, 2.05) is 32.9 Å². The standard InChI is InChI=1S/C20H28ClN3O3/c1-4-26-13-20(2,3)23-18(25)10-14-6-5-9-24(12-14)19-22-16-8-7-15(21)11-17(16)27-19/h7-8,11,14H,4-6,9-10,12-13H2,1-3H3,(H,23,25). The van der Waals surface area contributed by atoms with Gasteiger partial charge in [0.25, 0.3) is 6.01 Å². The Morgan fingerprint density at radius 2 is 2.30 bits per heavy atom. The van der Waals surface area contributed by atoms with E-state index in [1.54, 1.807) is 6.07 Å². The van der Waals surface area contributed by atoms with Crippen molar-refractivity contribution in [1.82, 2.24) is 10.3 Å². The van der Waals surface area contributed by atoms with Crippen LogP contribution < -0.4 is 10.2 Å². The van der Waals surface area contributed by atoms with Crippen LogP contribution in [0.4, 0.5) is 6.01 Å². The third-order valence-electron chi connectivity index (χ3n) is 4.75. The van der Waals surface area contributed by atoms with Crippen LogP contribution in [0.1, 0.15) is 40.0 Å². The van der Waals surface area contributed by atoms with Crippen LogP contribution in [0.15, 0.2) is 22.6 Å². The maximum absolute atomic E-state index is 12.5. The average Bonchev–Trinajstić information content (AvgIpc) is 3.03. The van der Waals surface area contributed by atoms with Gasteiger partial charge in [-0.05, 0) is 51.7 Å². The molecule has 27 heavy (non-hydrogen) atoms. The van der Waals surface area contributed by atoms with Gasteiger partial charge in [0, 0.05) is 37.2 Å². The van der Waals surface area contributed by atoms with E-state index in [0.29, 0.717) is 36.3 Å². The second-order valence-corrected chi connectivity index (χ2v) is 8.27. The fourth-order valence-electron chi connectivity index (χ4n) is 3.51. The van der Waals surface area contributed by atoms with Crippen molar-refractivity contribution < 1.29 is 13.9 Å². The molecule has 1 N–H and O–H groups in total. The SMILES string of the molecule is CCOCC(C)(C)NC(=O)CC1CCCN(c2nc3ccc(Cl)cc3o2)C1. The van der Waals surface area contributed by atoms with E-state index in [-0.39, 0.29) is 17.4 Å². The number of benzene rings is 1. The molecular formula is C20H28ClN3O3. The maximum Gasteiger partial charge on any atom is 0.298 e. The Balaban J connectivity index is 1.59. The van der Waals surface area contributed by atoms with Gasteiger partial charge >= 0.3 is 0 Å². The zero-order valence-corrected chi connectivity index (χ0v) is 17.0. The molecule has 2 heterocycles. The summed E-state index contributed by atoms with van der Waals surface area (Å²) >= 11 is 6.02. The Labute approximate surface area is 165 Å². The van der Waals surface area contributed by atoms with Gasteiger partial charge in [-0.15, -0.1) is 0 Å². The molecule has 1 saturated heterocycles. The Kier molecular flexibility index (Phi) is 6.27. The summed E-state index contributed by atoms with van der Waals surface area (Å²) in [5.41, 5.74) is 1.13. The summed E-state index contributed by atoms with van der Waals surface area (Å²) in [6, 6.07) is 6.06. The number of ether oxygens (including phenoxy) is 1. The van der Waals surface area contributed by atoms with Crippen LogP contribution in [0.3, 0.4) is 0 Å². The zero-order chi connectivity index (χ0) is 19.4. The number of piperidine rings is 1. The average molecular weight is 394 g/mol. The summed E-state index contributed by atoms with van der Waals surface area (Å²) in [4.78, 5) is 19.2. The van der Waals surface area contributed by atoms with Crippen molar-refractivity contribution >= 4 is 34.6 Å². The van der Waals surface area contributed by atoms with E-state index in [9.17, 15) is 4.79 Å². The number of amides is 1. The highest BCUT2D eigenvalue weighted by Crippen LogP contribution is 2.29. The molecule has 6 nitrogen and oxygen atoms in total. The number of anilines is 1. The van der Waals surface area contributed by atoms with Gasteiger partial charge in [0.2, 0.25) is 5.91 Å². The lowest BCUT2D eigenvalue weighted by atomic mass is 9.94. The molecule has 1 aromatic heterocycles. The zero-order valence-electron chi connectivity index (χ0n) is 16.3. The predicted octanol–water partition coefficient (Wildman–Crippen LogP) is 4.02. The van der Waals surface area contributed by atoms with Crippen molar-refractivity contribution in [3.05, 3.63) is 23.2 Å². The van der Waals surface area contributed by atoms with Crippen molar-refractivity contribution in [3.63, 3.8) is 0 Å². The van der Waals surface area contributed by atoms with Gasteiger partial charge in [0.15, 0.2) is 5.58 Å². The molecule has 0 spiro atoms. The second kappa shape index (κ2) is 8.48. The minimum Gasteiger partial charge on any atom is -0.423 e. The number of rotatable bonds is 7. The Bertz CT molecular complexity index is 790.